The molecule has 1 aromatic carbocycles. The Hall–Kier alpha value is -2.17. The average molecular weight is 316 g/mol. The van der Waals surface area contributed by atoms with Crippen LogP contribution < -0.4 is 0 Å². The Balaban J connectivity index is 1.87. The minimum atomic E-state index is -0.476. The summed E-state index contributed by atoms with van der Waals surface area (Å²) in [5.74, 6) is 0.756. The summed E-state index contributed by atoms with van der Waals surface area (Å²) in [6, 6.07) is 4.69. The number of rotatable bonds is 1. The lowest BCUT2D eigenvalue weighted by Crippen LogP contribution is -2.36. The van der Waals surface area contributed by atoms with Crippen molar-refractivity contribution >= 4 is 5.91 Å². The van der Waals surface area contributed by atoms with Gasteiger partial charge in [0, 0.05) is 18.4 Å². The van der Waals surface area contributed by atoms with E-state index in [4.69, 9.17) is 4.42 Å². The molecular weight excluding hydrogens is 295 g/mol. The third-order valence-electron chi connectivity index (χ3n) is 4.09. The van der Waals surface area contributed by atoms with Crippen molar-refractivity contribution in [3.8, 4) is 0 Å². The molecule has 0 spiro atoms. The number of benzene rings is 1. The molecule has 0 radical (unpaired) electrons. The van der Waals surface area contributed by atoms with Gasteiger partial charge in [0.15, 0.2) is 5.89 Å². The predicted octanol–water partition coefficient (Wildman–Crippen LogP) is 3.62. The Morgan fingerprint density at radius 2 is 2.09 bits per heavy atom. The smallest absolute Gasteiger partial charge is 0.257 e. The summed E-state index contributed by atoms with van der Waals surface area (Å²) in [7, 11) is 0. The second kappa shape index (κ2) is 5.48. The van der Waals surface area contributed by atoms with Crippen LogP contribution in [0.5, 0.6) is 0 Å². The summed E-state index contributed by atoms with van der Waals surface area (Å²) in [6.45, 7) is 8.74. The normalized spacial score (nSPS) is 14.7. The van der Waals surface area contributed by atoms with Crippen molar-refractivity contribution < 1.29 is 13.6 Å². The molecule has 5 heteroatoms. The van der Waals surface area contributed by atoms with Crippen LogP contribution in [0.3, 0.4) is 0 Å². The van der Waals surface area contributed by atoms with Gasteiger partial charge >= 0.3 is 0 Å². The van der Waals surface area contributed by atoms with E-state index in [1.54, 1.807) is 24.0 Å². The van der Waals surface area contributed by atoms with Crippen LogP contribution in [0.25, 0.3) is 0 Å². The molecule has 0 atom stereocenters. The first-order valence-corrected chi connectivity index (χ1v) is 7.81. The Kier molecular flexibility index (Phi) is 3.74. The van der Waals surface area contributed by atoms with E-state index in [0.717, 1.165) is 11.5 Å². The van der Waals surface area contributed by atoms with Crippen LogP contribution in [0.15, 0.2) is 22.6 Å². The fraction of sp³-hybridized carbons (Fsp3) is 0.444. The summed E-state index contributed by atoms with van der Waals surface area (Å²) < 4.78 is 19.9. The molecule has 4 nitrogen and oxygen atoms in total. The van der Waals surface area contributed by atoms with Gasteiger partial charge in [-0.3, -0.25) is 4.79 Å². The number of oxazole rings is 1. The van der Waals surface area contributed by atoms with Gasteiger partial charge in [-0.05, 0) is 18.6 Å². The van der Waals surface area contributed by atoms with Gasteiger partial charge < -0.3 is 9.32 Å². The largest absolute Gasteiger partial charge is 0.445 e. The van der Waals surface area contributed by atoms with Gasteiger partial charge in [0.2, 0.25) is 0 Å². The summed E-state index contributed by atoms with van der Waals surface area (Å²) in [5.41, 5.74) is 1.41. The van der Waals surface area contributed by atoms with Crippen molar-refractivity contribution in [1.82, 2.24) is 9.88 Å². The van der Waals surface area contributed by atoms with E-state index in [0.29, 0.717) is 31.0 Å². The topological polar surface area (TPSA) is 46.3 Å². The SMILES string of the molecule is Cc1cccc(F)c1C(=O)N1CCc2oc(C(C)(C)C)nc2C1. The zero-order valence-corrected chi connectivity index (χ0v) is 13.9. The Morgan fingerprint density at radius 3 is 2.74 bits per heavy atom. The number of halogens is 1. The van der Waals surface area contributed by atoms with Crippen molar-refractivity contribution in [2.45, 2.75) is 46.1 Å². The molecule has 0 saturated heterocycles. The lowest BCUT2D eigenvalue weighted by atomic mass is 9.97. The molecule has 1 aliphatic rings. The maximum Gasteiger partial charge on any atom is 0.257 e. The number of nitrogens with zero attached hydrogens (tertiary/aromatic N) is 2. The number of hydrogen-bond acceptors (Lipinski definition) is 3. The number of hydrogen-bond donors (Lipinski definition) is 0. The molecule has 0 N–H and O–H groups in total. The molecule has 0 fully saturated rings. The third kappa shape index (κ3) is 2.87. The molecule has 0 bridgehead atoms. The molecular formula is C18H21FN2O2. The summed E-state index contributed by atoms with van der Waals surface area (Å²) >= 11 is 0. The van der Waals surface area contributed by atoms with E-state index in [1.807, 2.05) is 20.8 Å². The molecule has 3 rings (SSSR count). The summed E-state index contributed by atoms with van der Waals surface area (Å²) in [4.78, 5) is 18.9. The zero-order chi connectivity index (χ0) is 16.8. The van der Waals surface area contributed by atoms with Crippen LogP contribution in [0.2, 0.25) is 0 Å². The van der Waals surface area contributed by atoms with Gasteiger partial charge in [-0.2, -0.15) is 0 Å². The first kappa shape index (κ1) is 15.7. The van der Waals surface area contributed by atoms with Crippen LogP contribution in [0.4, 0.5) is 4.39 Å². The average Bonchev–Trinajstić information content (AvgIpc) is 2.90. The molecule has 122 valence electrons. The molecule has 0 aliphatic carbocycles. The number of carbonyl (C=O) groups is 1. The number of aryl methyl sites for hydroxylation is 1. The number of aromatic nitrogens is 1. The minimum absolute atomic E-state index is 0.149. The van der Waals surface area contributed by atoms with E-state index < -0.39 is 5.82 Å². The van der Waals surface area contributed by atoms with Crippen LogP contribution in [0, 0.1) is 12.7 Å². The van der Waals surface area contributed by atoms with Crippen LogP contribution in [-0.2, 0) is 18.4 Å². The van der Waals surface area contributed by atoms with Crippen molar-refractivity contribution in [2.75, 3.05) is 6.54 Å². The van der Waals surface area contributed by atoms with Crippen molar-refractivity contribution in [3.63, 3.8) is 0 Å². The maximum absolute atomic E-state index is 14.0. The van der Waals surface area contributed by atoms with Crippen molar-refractivity contribution in [3.05, 3.63) is 52.5 Å². The first-order chi connectivity index (χ1) is 10.8. The minimum Gasteiger partial charge on any atom is -0.445 e. The van der Waals surface area contributed by atoms with Crippen LogP contribution in [0.1, 0.15) is 54.0 Å². The second-order valence-corrected chi connectivity index (χ2v) is 7.05. The molecule has 1 aromatic heterocycles. The van der Waals surface area contributed by atoms with Gasteiger partial charge in [-0.25, -0.2) is 9.37 Å². The Labute approximate surface area is 135 Å². The molecule has 0 unspecified atom stereocenters. The molecule has 1 amide bonds. The summed E-state index contributed by atoms with van der Waals surface area (Å²) in [6.07, 6.45) is 0.609. The van der Waals surface area contributed by atoms with E-state index in [2.05, 4.69) is 4.98 Å². The van der Waals surface area contributed by atoms with Gasteiger partial charge in [0.1, 0.15) is 17.3 Å². The van der Waals surface area contributed by atoms with E-state index >= 15 is 0 Å². The highest BCUT2D eigenvalue weighted by Gasteiger charge is 2.30. The third-order valence-corrected chi connectivity index (χ3v) is 4.09. The Bertz CT molecular complexity index is 739. The lowest BCUT2D eigenvalue weighted by Gasteiger charge is -2.26. The van der Waals surface area contributed by atoms with Gasteiger partial charge in [-0.1, -0.05) is 32.9 Å². The predicted molar refractivity (Wildman–Crippen MR) is 84.8 cm³/mol. The zero-order valence-electron chi connectivity index (χ0n) is 13.9. The van der Waals surface area contributed by atoms with E-state index in [9.17, 15) is 9.18 Å². The van der Waals surface area contributed by atoms with E-state index in [-0.39, 0.29) is 16.9 Å². The highest BCUT2D eigenvalue weighted by atomic mass is 19.1. The lowest BCUT2D eigenvalue weighted by molar-refractivity contribution is 0.0722. The number of amides is 1. The fourth-order valence-corrected chi connectivity index (χ4v) is 2.75. The number of fused-ring (bicyclic) bond motifs is 1. The molecule has 23 heavy (non-hydrogen) atoms. The summed E-state index contributed by atoms with van der Waals surface area (Å²) in [5, 5.41) is 0. The Morgan fingerprint density at radius 1 is 1.35 bits per heavy atom. The molecule has 0 saturated carbocycles. The highest BCUT2D eigenvalue weighted by molar-refractivity contribution is 5.96. The van der Waals surface area contributed by atoms with Gasteiger partial charge in [0.05, 0.1) is 12.1 Å². The molecule has 2 aromatic rings. The first-order valence-electron chi connectivity index (χ1n) is 7.81. The van der Waals surface area contributed by atoms with Gasteiger partial charge in [0.25, 0.3) is 5.91 Å². The van der Waals surface area contributed by atoms with E-state index in [1.165, 1.54) is 6.07 Å². The van der Waals surface area contributed by atoms with Crippen molar-refractivity contribution in [1.29, 1.82) is 0 Å². The molecule has 1 aliphatic heterocycles. The number of carbonyl (C=O) groups excluding carboxylic acids is 1. The van der Waals surface area contributed by atoms with Crippen molar-refractivity contribution in [2.24, 2.45) is 0 Å². The monoisotopic (exact) mass is 316 g/mol. The fourth-order valence-electron chi connectivity index (χ4n) is 2.75. The standard InChI is InChI=1S/C18H21FN2O2/c1-11-6-5-7-12(19)15(11)16(22)21-9-8-14-13(10-21)20-17(23-14)18(2,3)4/h5-7H,8-10H2,1-4H3. The highest BCUT2D eigenvalue weighted by Crippen LogP contribution is 2.28. The second-order valence-electron chi connectivity index (χ2n) is 7.05. The quantitative estimate of drug-likeness (QED) is 0.807. The van der Waals surface area contributed by atoms with Crippen LogP contribution in [-0.4, -0.2) is 22.3 Å². The molecule has 2 heterocycles. The van der Waals surface area contributed by atoms with Gasteiger partial charge in [-0.15, -0.1) is 0 Å². The maximum atomic E-state index is 14.0. The van der Waals surface area contributed by atoms with Crippen LogP contribution >= 0.6 is 0 Å².